The highest BCUT2D eigenvalue weighted by Gasteiger charge is 2.22. The lowest BCUT2D eigenvalue weighted by Crippen LogP contribution is -2.30. The summed E-state index contributed by atoms with van der Waals surface area (Å²) in [6, 6.07) is 16.7. The summed E-state index contributed by atoms with van der Waals surface area (Å²) >= 11 is 0. The van der Waals surface area contributed by atoms with Crippen LogP contribution >= 0.6 is 0 Å². The standard InChI is InChI=1S/C20H24N2O3/c21-19(24)16(12-15-8-4-5-9-18(15)20(22)25)13-17(23)11-10-14-6-2-1-3-7-14/h1-9,16-17,23H,10-13H2,(H2,21,24)(H2,22,25)/t16-,17+/m1/s1. The third-order valence-corrected chi connectivity index (χ3v) is 4.32. The molecular weight excluding hydrogens is 316 g/mol. The van der Waals surface area contributed by atoms with E-state index in [9.17, 15) is 14.7 Å². The van der Waals surface area contributed by atoms with Crippen molar-refractivity contribution < 1.29 is 14.7 Å². The van der Waals surface area contributed by atoms with Crippen molar-refractivity contribution in [3.05, 3.63) is 71.3 Å². The molecule has 0 aliphatic carbocycles. The van der Waals surface area contributed by atoms with Gasteiger partial charge in [-0.05, 0) is 42.9 Å². The van der Waals surface area contributed by atoms with Crippen LogP contribution in [-0.2, 0) is 17.6 Å². The van der Waals surface area contributed by atoms with Gasteiger partial charge in [0.15, 0.2) is 0 Å². The molecule has 5 N–H and O–H groups in total. The van der Waals surface area contributed by atoms with Gasteiger partial charge in [0.05, 0.1) is 6.10 Å². The molecule has 2 rings (SSSR count). The molecule has 132 valence electrons. The molecule has 0 aliphatic heterocycles. The minimum absolute atomic E-state index is 0.259. The molecule has 0 bridgehead atoms. The largest absolute Gasteiger partial charge is 0.393 e. The van der Waals surface area contributed by atoms with Gasteiger partial charge in [-0.2, -0.15) is 0 Å². The molecule has 0 unspecified atom stereocenters. The molecule has 0 saturated heterocycles. The highest BCUT2D eigenvalue weighted by molar-refractivity contribution is 5.94. The van der Waals surface area contributed by atoms with E-state index in [1.807, 2.05) is 30.3 Å². The van der Waals surface area contributed by atoms with Crippen LogP contribution in [0.15, 0.2) is 54.6 Å². The average molecular weight is 340 g/mol. The Balaban J connectivity index is 1.99. The number of carbonyl (C=O) groups is 2. The summed E-state index contributed by atoms with van der Waals surface area (Å²) in [6.07, 6.45) is 1.18. The highest BCUT2D eigenvalue weighted by Crippen LogP contribution is 2.19. The lowest BCUT2D eigenvalue weighted by atomic mass is 9.89. The number of rotatable bonds is 9. The van der Waals surface area contributed by atoms with Gasteiger partial charge in [0, 0.05) is 11.5 Å². The zero-order chi connectivity index (χ0) is 18.2. The molecule has 0 heterocycles. The first kappa shape index (κ1) is 18.7. The molecule has 0 fully saturated rings. The summed E-state index contributed by atoms with van der Waals surface area (Å²) in [5.74, 6) is -1.58. The molecule has 5 heteroatoms. The molecule has 2 aromatic carbocycles. The molecule has 25 heavy (non-hydrogen) atoms. The van der Waals surface area contributed by atoms with E-state index in [4.69, 9.17) is 11.5 Å². The third kappa shape index (κ3) is 5.72. The van der Waals surface area contributed by atoms with Gasteiger partial charge < -0.3 is 16.6 Å². The Labute approximate surface area is 147 Å². The van der Waals surface area contributed by atoms with Gasteiger partial charge in [-0.25, -0.2) is 0 Å². The van der Waals surface area contributed by atoms with Crippen LogP contribution in [0.2, 0.25) is 0 Å². The van der Waals surface area contributed by atoms with E-state index in [0.29, 0.717) is 17.5 Å². The molecule has 2 amide bonds. The van der Waals surface area contributed by atoms with Crippen LogP contribution in [0, 0.1) is 5.92 Å². The molecule has 0 aromatic heterocycles. The molecule has 5 nitrogen and oxygen atoms in total. The van der Waals surface area contributed by atoms with Gasteiger partial charge in [-0.3, -0.25) is 9.59 Å². The maximum Gasteiger partial charge on any atom is 0.248 e. The first-order valence-corrected chi connectivity index (χ1v) is 8.36. The van der Waals surface area contributed by atoms with Crippen molar-refractivity contribution in [2.75, 3.05) is 0 Å². The van der Waals surface area contributed by atoms with E-state index in [1.165, 1.54) is 0 Å². The topological polar surface area (TPSA) is 106 Å². The van der Waals surface area contributed by atoms with Crippen molar-refractivity contribution in [3.8, 4) is 0 Å². The van der Waals surface area contributed by atoms with Crippen molar-refractivity contribution in [3.63, 3.8) is 0 Å². The smallest absolute Gasteiger partial charge is 0.248 e. The Morgan fingerprint density at radius 1 is 0.960 bits per heavy atom. The van der Waals surface area contributed by atoms with E-state index in [-0.39, 0.29) is 12.8 Å². The van der Waals surface area contributed by atoms with Crippen LogP contribution in [0.5, 0.6) is 0 Å². The van der Waals surface area contributed by atoms with E-state index in [2.05, 4.69) is 0 Å². The highest BCUT2D eigenvalue weighted by atomic mass is 16.3. The van der Waals surface area contributed by atoms with E-state index >= 15 is 0 Å². The summed E-state index contributed by atoms with van der Waals surface area (Å²) in [4.78, 5) is 23.3. The molecule has 0 saturated carbocycles. The number of hydrogen-bond acceptors (Lipinski definition) is 3. The van der Waals surface area contributed by atoms with Crippen molar-refractivity contribution in [1.29, 1.82) is 0 Å². The van der Waals surface area contributed by atoms with Crippen molar-refractivity contribution >= 4 is 11.8 Å². The van der Waals surface area contributed by atoms with Crippen LogP contribution in [0.3, 0.4) is 0 Å². The molecule has 2 atom stereocenters. The lowest BCUT2D eigenvalue weighted by Gasteiger charge is -2.19. The number of hydrogen-bond donors (Lipinski definition) is 3. The predicted molar refractivity (Wildman–Crippen MR) is 96.7 cm³/mol. The third-order valence-electron chi connectivity index (χ3n) is 4.32. The van der Waals surface area contributed by atoms with E-state index < -0.39 is 23.8 Å². The zero-order valence-corrected chi connectivity index (χ0v) is 14.1. The molecule has 0 spiro atoms. The molecule has 2 aromatic rings. The second kappa shape index (κ2) is 8.99. The maximum atomic E-state index is 11.8. The Morgan fingerprint density at radius 3 is 2.24 bits per heavy atom. The van der Waals surface area contributed by atoms with E-state index in [1.54, 1.807) is 24.3 Å². The van der Waals surface area contributed by atoms with Gasteiger partial charge in [-0.15, -0.1) is 0 Å². The Kier molecular flexibility index (Phi) is 6.71. The van der Waals surface area contributed by atoms with Crippen LogP contribution in [0.4, 0.5) is 0 Å². The fourth-order valence-corrected chi connectivity index (χ4v) is 2.93. The first-order valence-electron chi connectivity index (χ1n) is 8.36. The van der Waals surface area contributed by atoms with Crippen LogP contribution in [-0.4, -0.2) is 23.0 Å². The van der Waals surface area contributed by atoms with Crippen molar-refractivity contribution in [2.45, 2.75) is 31.8 Å². The molecule has 0 aliphatic rings. The second-order valence-electron chi connectivity index (χ2n) is 6.24. The minimum atomic E-state index is -0.640. The number of nitrogens with two attached hydrogens (primary N) is 2. The number of primary amides is 2. The second-order valence-corrected chi connectivity index (χ2v) is 6.24. The molecule has 0 radical (unpaired) electrons. The summed E-state index contributed by atoms with van der Waals surface area (Å²) in [5.41, 5.74) is 13.1. The number of aryl methyl sites for hydroxylation is 1. The van der Waals surface area contributed by atoms with Gasteiger partial charge in [0.1, 0.15) is 0 Å². The Hall–Kier alpha value is -2.66. The van der Waals surface area contributed by atoms with E-state index in [0.717, 1.165) is 12.0 Å². The van der Waals surface area contributed by atoms with Gasteiger partial charge >= 0.3 is 0 Å². The summed E-state index contributed by atoms with van der Waals surface area (Å²) in [7, 11) is 0. The lowest BCUT2D eigenvalue weighted by molar-refractivity contribution is -0.122. The Morgan fingerprint density at radius 2 is 1.60 bits per heavy atom. The normalized spacial score (nSPS) is 13.2. The fourth-order valence-electron chi connectivity index (χ4n) is 2.93. The quantitative estimate of drug-likeness (QED) is 0.648. The van der Waals surface area contributed by atoms with Crippen molar-refractivity contribution in [2.24, 2.45) is 17.4 Å². The summed E-state index contributed by atoms with van der Waals surface area (Å²) in [6.45, 7) is 0. The Bertz CT molecular complexity index is 716. The van der Waals surface area contributed by atoms with Gasteiger partial charge in [0.2, 0.25) is 11.8 Å². The minimum Gasteiger partial charge on any atom is -0.393 e. The number of aliphatic hydroxyl groups is 1. The number of amides is 2. The number of benzene rings is 2. The monoisotopic (exact) mass is 340 g/mol. The SMILES string of the molecule is NC(=O)c1ccccc1C[C@H](C[C@@H](O)CCc1ccccc1)C(N)=O. The number of carbonyl (C=O) groups excluding carboxylic acids is 2. The van der Waals surface area contributed by atoms with Gasteiger partial charge in [0.25, 0.3) is 0 Å². The fraction of sp³-hybridized carbons (Fsp3) is 0.300. The van der Waals surface area contributed by atoms with Crippen LogP contribution in [0.25, 0.3) is 0 Å². The summed E-state index contributed by atoms with van der Waals surface area (Å²) < 4.78 is 0. The van der Waals surface area contributed by atoms with Crippen LogP contribution in [0.1, 0.15) is 34.3 Å². The zero-order valence-electron chi connectivity index (χ0n) is 14.1. The molecular formula is C20H24N2O3. The van der Waals surface area contributed by atoms with Crippen molar-refractivity contribution in [1.82, 2.24) is 0 Å². The average Bonchev–Trinajstić information content (AvgIpc) is 2.60. The number of aliphatic hydroxyl groups excluding tert-OH is 1. The van der Waals surface area contributed by atoms with Crippen LogP contribution < -0.4 is 11.5 Å². The maximum absolute atomic E-state index is 11.8. The predicted octanol–water partition coefficient (Wildman–Crippen LogP) is 1.81. The summed E-state index contributed by atoms with van der Waals surface area (Å²) in [5, 5.41) is 10.3. The first-order chi connectivity index (χ1) is 12.0. The van der Waals surface area contributed by atoms with Gasteiger partial charge in [-0.1, -0.05) is 48.5 Å².